The number of thiazole rings is 1. The van der Waals surface area contributed by atoms with Crippen LogP contribution in [0.4, 0.5) is 5.69 Å². The van der Waals surface area contributed by atoms with E-state index in [1.807, 2.05) is 32.5 Å². The molecule has 1 aromatic carbocycles. The summed E-state index contributed by atoms with van der Waals surface area (Å²) in [6.07, 6.45) is 0.845. The predicted molar refractivity (Wildman–Crippen MR) is 87.8 cm³/mol. The highest BCUT2D eigenvalue weighted by Gasteiger charge is 2.10. The molecule has 1 heterocycles. The Morgan fingerprint density at radius 2 is 2.20 bits per heavy atom. The van der Waals surface area contributed by atoms with Crippen molar-refractivity contribution in [2.24, 2.45) is 5.73 Å². The number of rotatable bonds is 5. The van der Waals surface area contributed by atoms with E-state index in [0.29, 0.717) is 0 Å². The van der Waals surface area contributed by atoms with Crippen molar-refractivity contribution in [2.45, 2.75) is 32.9 Å². The molecular weight excluding hydrogens is 290 g/mol. The van der Waals surface area contributed by atoms with E-state index in [0.717, 1.165) is 29.4 Å². The minimum atomic E-state index is 0.148. The molecule has 0 aliphatic rings. The molecule has 0 saturated carbocycles. The van der Waals surface area contributed by atoms with Gasteiger partial charge >= 0.3 is 0 Å². The van der Waals surface area contributed by atoms with Crippen molar-refractivity contribution < 1.29 is 0 Å². The van der Waals surface area contributed by atoms with Crippen LogP contribution in [0.1, 0.15) is 23.1 Å². The lowest BCUT2D eigenvalue weighted by atomic mass is 10.1. The Kier molecular flexibility index (Phi) is 5.02. The normalized spacial score (nSPS) is 12.4. The van der Waals surface area contributed by atoms with E-state index in [4.69, 9.17) is 17.3 Å². The van der Waals surface area contributed by atoms with Crippen LogP contribution < -0.4 is 10.6 Å². The Morgan fingerprint density at radius 1 is 1.45 bits per heavy atom. The zero-order valence-corrected chi connectivity index (χ0v) is 13.6. The molecule has 0 aliphatic carbocycles. The molecule has 5 heteroatoms. The molecule has 3 nitrogen and oxygen atoms in total. The Balaban J connectivity index is 2.14. The van der Waals surface area contributed by atoms with Crippen molar-refractivity contribution in [1.82, 2.24) is 4.98 Å². The minimum Gasteiger partial charge on any atom is -0.368 e. The third kappa shape index (κ3) is 3.72. The summed E-state index contributed by atoms with van der Waals surface area (Å²) in [6, 6.07) is 6.32. The molecule has 0 fully saturated rings. The number of anilines is 1. The molecule has 1 atom stereocenters. The first-order chi connectivity index (χ1) is 9.47. The van der Waals surface area contributed by atoms with E-state index in [1.54, 1.807) is 11.3 Å². The van der Waals surface area contributed by atoms with Gasteiger partial charge in [-0.05, 0) is 38.0 Å². The van der Waals surface area contributed by atoms with Crippen LogP contribution in [-0.4, -0.2) is 18.1 Å². The summed E-state index contributed by atoms with van der Waals surface area (Å²) in [5.41, 5.74) is 11.0. The van der Waals surface area contributed by atoms with Crippen molar-refractivity contribution in [3.8, 4) is 0 Å². The highest BCUT2D eigenvalue weighted by Crippen LogP contribution is 2.28. The van der Waals surface area contributed by atoms with Gasteiger partial charge in [-0.25, -0.2) is 4.98 Å². The number of halogens is 1. The van der Waals surface area contributed by atoms with Crippen molar-refractivity contribution in [2.75, 3.05) is 11.9 Å². The van der Waals surface area contributed by atoms with E-state index in [2.05, 4.69) is 22.0 Å². The van der Waals surface area contributed by atoms with Gasteiger partial charge in [-0.3, -0.25) is 0 Å². The molecule has 2 rings (SSSR count). The number of hydrogen-bond acceptors (Lipinski definition) is 4. The second-order valence-corrected chi connectivity index (χ2v) is 6.53. The molecule has 0 saturated heterocycles. The first-order valence-corrected chi connectivity index (χ1v) is 7.87. The first-order valence-electron chi connectivity index (χ1n) is 6.61. The topological polar surface area (TPSA) is 42.2 Å². The van der Waals surface area contributed by atoms with Gasteiger partial charge in [0.2, 0.25) is 0 Å². The van der Waals surface area contributed by atoms with Gasteiger partial charge < -0.3 is 10.6 Å². The maximum atomic E-state index is 6.39. The van der Waals surface area contributed by atoms with Gasteiger partial charge in [0.15, 0.2) is 0 Å². The first kappa shape index (κ1) is 15.3. The van der Waals surface area contributed by atoms with Crippen LogP contribution >= 0.6 is 22.9 Å². The van der Waals surface area contributed by atoms with E-state index in [1.165, 1.54) is 10.4 Å². The predicted octanol–water partition coefficient (Wildman–Crippen LogP) is 3.63. The molecule has 0 amide bonds. The third-order valence-corrected chi connectivity index (χ3v) is 4.43. The molecule has 0 bridgehead atoms. The smallest absolute Gasteiger partial charge is 0.0798 e. The zero-order valence-electron chi connectivity index (χ0n) is 12.1. The van der Waals surface area contributed by atoms with Crippen LogP contribution in [0.2, 0.25) is 5.02 Å². The average molecular weight is 310 g/mol. The van der Waals surface area contributed by atoms with Gasteiger partial charge in [0.1, 0.15) is 0 Å². The van der Waals surface area contributed by atoms with Gasteiger partial charge in [0, 0.05) is 18.0 Å². The highest BCUT2D eigenvalue weighted by molar-refractivity contribution is 7.09. The van der Waals surface area contributed by atoms with Crippen molar-refractivity contribution in [3.63, 3.8) is 0 Å². The SMILES string of the molecule is Cc1ncsc1CN(C)c1ccc(CC(C)N)cc1Cl. The van der Waals surface area contributed by atoms with Crippen LogP contribution in [0.3, 0.4) is 0 Å². The molecule has 2 N–H and O–H groups in total. The largest absolute Gasteiger partial charge is 0.368 e. The molecule has 1 aromatic heterocycles. The van der Waals surface area contributed by atoms with Crippen molar-refractivity contribution >= 4 is 28.6 Å². The molecule has 0 spiro atoms. The van der Waals surface area contributed by atoms with Crippen molar-refractivity contribution in [3.05, 3.63) is 44.9 Å². The molecule has 0 radical (unpaired) electrons. The number of aryl methyl sites for hydroxylation is 1. The molecular formula is C15H20ClN3S. The van der Waals surface area contributed by atoms with E-state index < -0.39 is 0 Å². The van der Waals surface area contributed by atoms with Crippen LogP contribution in [0.15, 0.2) is 23.7 Å². The lowest BCUT2D eigenvalue weighted by molar-refractivity contribution is 0.738. The number of hydrogen-bond donors (Lipinski definition) is 1. The van der Waals surface area contributed by atoms with E-state index in [-0.39, 0.29) is 6.04 Å². The molecule has 0 aliphatic heterocycles. The fourth-order valence-corrected chi connectivity index (χ4v) is 3.31. The maximum Gasteiger partial charge on any atom is 0.0798 e. The summed E-state index contributed by atoms with van der Waals surface area (Å²) in [6.45, 7) is 4.86. The summed E-state index contributed by atoms with van der Waals surface area (Å²) in [5, 5.41) is 0.771. The van der Waals surface area contributed by atoms with Crippen LogP contribution in [0.25, 0.3) is 0 Å². The minimum absolute atomic E-state index is 0.148. The third-order valence-electron chi connectivity index (χ3n) is 3.21. The van der Waals surface area contributed by atoms with Gasteiger partial charge in [-0.2, -0.15) is 0 Å². The standard InChI is InChI=1S/C15H20ClN3S/c1-10(17)6-12-4-5-14(13(16)7-12)19(3)8-15-11(2)18-9-20-15/h4-5,7,9-10H,6,8,17H2,1-3H3. The molecule has 1 unspecified atom stereocenters. The quantitative estimate of drug-likeness (QED) is 0.917. The van der Waals surface area contributed by atoms with E-state index in [9.17, 15) is 0 Å². The number of aromatic nitrogens is 1. The summed E-state index contributed by atoms with van der Waals surface area (Å²) in [5.74, 6) is 0. The Hall–Kier alpha value is -1.10. The number of benzene rings is 1. The maximum absolute atomic E-state index is 6.39. The summed E-state index contributed by atoms with van der Waals surface area (Å²) < 4.78 is 0. The zero-order chi connectivity index (χ0) is 14.7. The summed E-state index contributed by atoms with van der Waals surface area (Å²) >= 11 is 8.07. The molecule has 108 valence electrons. The lowest BCUT2D eigenvalue weighted by Crippen LogP contribution is -2.19. The van der Waals surface area contributed by atoms with Crippen molar-refractivity contribution in [1.29, 1.82) is 0 Å². The van der Waals surface area contributed by atoms with Gasteiger partial charge in [0.25, 0.3) is 0 Å². The highest BCUT2D eigenvalue weighted by atomic mass is 35.5. The van der Waals surface area contributed by atoms with E-state index >= 15 is 0 Å². The average Bonchev–Trinajstić information content (AvgIpc) is 2.74. The monoisotopic (exact) mass is 309 g/mol. The van der Waals surface area contributed by atoms with Crippen LogP contribution in [0, 0.1) is 6.92 Å². The molecule has 20 heavy (non-hydrogen) atoms. The second kappa shape index (κ2) is 6.57. The van der Waals surface area contributed by atoms with Gasteiger partial charge in [-0.1, -0.05) is 17.7 Å². The van der Waals surface area contributed by atoms with Crippen LogP contribution in [0.5, 0.6) is 0 Å². The van der Waals surface area contributed by atoms with Gasteiger partial charge in [0.05, 0.1) is 28.5 Å². The summed E-state index contributed by atoms with van der Waals surface area (Å²) in [4.78, 5) is 7.70. The molecule has 2 aromatic rings. The fraction of sp³-hybridized carbons (Fsp3) is 0.400. The number of nitrogens with zero attached hydrogens (tertiary/aromatic N) is 2. The summed E-state index contributed by atoms with van der Waals surface area (Å²) in [7, 11) is 2.05. The lowest BCUT2D eigenvalue weighted by Gasteiger charge is -2.21. The van der Waals surface area contributed by atoms with Crippen LogP contribution in [-0.2, 0) is 13.0 Å². The number of nitrogens with two attached hydrogens (primary N) is 1. The fourth-order valence-electron chi connectivity index (χ4n) is 2.14. The Bertz CT molecular complexity index is 580. The second-order valence-electron chi connectivity index (χ2n) is 5.18. The van der Waals surface area contributed by atoms with Gasteiger partial charge in [-0.15, -0.1) is 11.3 Å². The Morgan fingerprint density at radius 3 is 2.75 bits per heavy atom. The Labute approximate surface area is 129 Å².